The Morgan fingerprint density at radius 1 is 1.24 bits per heavy atom. The van der Waals surface area contributed by atoms with Gasteiger partial charge in [-0.25, -0.2) is 4.79 Å². The van der Waals surface area contributed by atoms with Crippen molar-refractivity contribution in [2.75, 3.05) is 46.3 Å². The second-order valence-corrected chi connectivity index (χ2v) is 7.84. The summed E-state index contributed by atoms with van der Waals surface area (Å²) in [5.41, 5.74) is 5.80. The van der Waals surface area contributed by atoms with Crippen molar-refractivity contribution >= 4 is 6.03 Å². The highest BCUT2D eigenvalue weighted by Crippen LogP contribution is 2.19. The lowest BCUT2D eigenvalue weighted by Crippen LogP contribution is -2.47. The molecule has 1 rings (SSSR count). The fraction of sp³-hybridized carbons (Fsp3) is 0.944. The van der Waals surface area contributed by atoms with E-state index in [2.05, 4.69) is 46.9 Å². The van der Waals surface area contributed by atoms with Crippen LogP contribution in [0.4, 0.5) is 4.79 Å². The average Bonchev–Trinajstić information content (AvgIpc) is 2.92. The number of urea groups is 1. The van der Waals surface area contributed by atoms with Crippen molar-refractivity contribution < 1.29 is 4.79 Å². The summed E-state index contributed by atoms with van der Waals surface area (Å²) in [4.78, 5) is 14.7. The first-order chi connectivity index (χ1) is 11.9. The SMILES string of the molecule is CNCCNC[C@@H]1C[C@@H](NC(=O)NC(C)C(C)C)CN1C[C@@H](C)CN. The minimum atomic E-state index is -0.0539. The third-order valence-electron chi connectivity index (χ3n) is 5.10. The van der Waals surface area contributed by atoms with E-state index in [1.165, 1.54) is 0 Å². The predicted octanol–water partition coefficient (Wildman–Crippen LogP) is 0.177. The summed E-state index contributed by atoms with van der Waals surface area (Å²) in [6, 6.07) is 0.759. The van der Waals surface area contributed by atoms with E-state index in [9.17, 15) is 4.79 Å². The van der Waals surface area contributed by atoms with Gasteiger partial charge in [-0.15, -0.1) is 0 Å². The van der Waals surface area contributed by atoms with Crippen molar-refractivity contribution in [2.24, 2.45) is 17.6 Å². The molecule has 0 saturated carbocycles. The topological polar surface area (TPSA) is 94.4 Å². The van der Waals surface area contributed by atoms with Gasteiger partial charge < -0.3 is 27.0 Å². The van der Waals surface area contributed by atoms with Crippen LogP contribution in [0.3, 0.4) is 0 Å². The number of carbonyl (C=O) groups excluding carboxylic acids is 1. The summed E-state index contributed by atoms with van der Waals surface area (Å²) in [5, 5.41) is 12.8. The van der Waals surface area contributed by atoms with Crippen LogP contribution in [0.1, 0.15) is 34.1 Å². The van der Waals surface area contributed by atoms with E-state index in [0.717, 1.165) is 39.1 Å². The summed E-state index contributed by atoms with van der Waals surface area (Å²) < 4.78 is 0. The zero-order valence-electron chi connectivity index (χ0n) is 16.8. The normalized spacial score (nSPS) is 23.6. The molecule has 0 radical (unpaired) electrons. The molecule has 0 aromatic carbocycles. The van der Waals surface area contributed by atoms with Gasteiger partial charge in [0.05, 0.1) is 0 Å². The van der Waals surface area contributed by atoms with Gasteiger partial charge in [0.1, 0.15) is 0 Å². The first kappa shape index (κ1) is 22.2. The van der Waals surface area contributed by atoms with Crippen LogP contribution < -0.4 is 27.0 Å². The number of nitrogens with one attached hydrogen (secondary N) is 4. The lowest BCUT2D eigenvalue weighted by molar-refractivity contribution is 0.214. The second-order valence-electron chi connectivity index (χ2n) is 7.84. The Balaban J connectivity index is 2.51. The number of hydrogen-bond donors (Lipinski definition) is 5. The maximum absolute atomic E-state index is 12.2. The number of likely N-dealkylation sites (N-methyl/N-ethyl adjacent to an activating group) is 1. The summed E-state index contributed by atoms with van der Waals surface area (Å²) in [6.45, 7) is 13.9. The number of hydrogen-bond acceptors (Lipinski definition) is 5. The fourth-order valence-electron chi connectivity index (χ4n) is 3.08. The molecule has 2 amide bonds. The molecule has 0 bridgehead atoms. The van der Waals surface area contributed by atoms with Gasteiger partial charge >= 0.3 is 6.03 Å². The third-order valence-corrected chi connectivity index (χ3v) is 5.10. The highest BCUT2D eigenvalue weighted by atomic mass is 16.2. The Kier molecular flexibility index (Phi) is 10.3. The third kappa shape index (κ3) is 8.35. The fourth-order valence-corrected chi connectivity index (χ4v) is 3.08. The molecule has 0 aromatic rings. The molecule has 1 aliphatic heterocycles. The lowest BCUT2D eigenvalue weighted by atomic mass is 10.1. The van der Waals surface area contributed by atoms with Gasteiger partial charge in [-0.3, -0.25) is 4.90 Å². The summed E-state index contributed by atoms with van der Waals surface area (Å²) in [7, 11) is 1.96. The minimum absolute atomic E-state index is 0.0539. The molecule has 7 nitrogen and oxygen atoms in total. The minimum Gasteiger partial charge on any atom is -0.335 e. The van der Waals surface area contributed by atoms with Gasteiger partial charge in [0, 0.05) is 50.8 Å². The highest BCUT2D eigenvalue weighted by Gasteiger charge is 2.33. The van der Waals surface area contributed by atoms with Gasteiger partial charge in [-0.2, -0.15) is 0 Å². The highest BCUT2D eigenvalue weighted by molar-refractivity contribution is 5.74. The van der Waals surface area contributed by atoms with E-state index < -0.39 is 0 Å². The molecule has 1 saturated heterocycles. The molecule has 1 heterocycles. The zero-order chi connectivity index (χ0) is 18.8. The van der Waals surface area contributed by atoms with Crippen LogP contribution >= 0.6 is 0 Å². The number of nitrogens with zero attached hydrogens (tertiary/aromatic N) is 1. The zero-order valence-corrected chi connectivity index (χ0v) is 16.8. The van der Waals surface area contributed by atoms with E-state index in [1.54, 1.807) is 0 Å². The van der Waals surface area contributed by atoms with Crippen LogP contribution in [0.2, 0.25) is 0 Å². The standard InChI is InChI=1S/C18H40N6O/c1-13(2)15(4)22-18(25)23-16-8-17(10-21-7-6-20-5)24(12-16)11-14(3)9-19/h13-17,20-21H,6-12,19H2,1-5H3,(H2,22,23,25)/t14-,15?,16+,17-/m0/s1. The number of rotatable bonds is 11. The molecule has 25 heavy (non-hydrogen) atoms. The first-order valence-corrected chi connectivity index (χ1v) is 9.73. The maximum atomic E-state index is 12.2. The molecule has 1 fully saturated rings. The van der Waals surface area contributed by atoms with Crippen molar-refractivity contribution in [3.8, 4) is 0 Å². The van der Waals surface area contributed by atoms with Crippen molar-refractivity contribution in [1.29, 1.82) is 0 Å². The van der Waals surface area contributed by atoms with Crippen LogP contribution in [0.5, 0.6) is 0 Å². The Labute approximate surface area is 153 Å². The van der Waals surface area contributed by atoms with E-state index in [4.69, 9.17) is 5.73 Å². The molecule has 1 unspecified atom stereocenters. The average molecular weight is 357 g/mol. The van der Waals surface area contributed by atoms with Gasteiger partial charge in [-0.05, 0) is 38.8 Å². The lowest BCUT2D eigenvalue weighted by Gasteiger charge is -2.27. The van der Waals surface area contributed by atoms with Crippen molar-refractivity contribution in [3.63, 3.8) is 0 Å². The van der Waals surface area contributed by atoms with Crippen LogP contribution in [0.25, 0.3) is 0 Å². The Morgan fingerprint density at radius 2 is 1.96 bits per heavy atom. The Morgan fingerprint density at radius 3 is 2.56 bits per heavy atom. The second kappa shape index (κ2) is 11.7. The molecule has 4 atom stereocenters. The monoisotopic (exact) mass is 356 g/mol. The molecule has 0 aliphatic carbocycles. The van der Waals surface area contributed by atoms with Gasteiger partial charge in [0.25, 0.3) is 0 Å². The van der Waals surface area contributed by atoms with Gasteiger partial charge in [-0.1, -0.05) is 20.8 Å². The van der Waals surface area contributed by atoms with Crippen LogP contribution in [-0.2, 0) is 0 Å². The summed E-state index contributed by atoms with van der Waals surface area (Å²) in [5.74, 6) is 0.897. The summed E-state index contributed by atoms with van der Waals surface area (Å²) >= 11 is 0. The van der Waals surface area contributed by atoms with Gasteiger partial charge in [0.2, 0.25) is 0 Å². The van der Waals surface area contributed by atoms with Crippen LogP contribution in [0, 0.1) is 11.8 Å². The van der Waals surface area contributed by atoms with Crippen molar-refractivity contribution in [2.45, 2.75) is 52.2 Å². The smallest absolute Gasteiger partial charge is 0.315 e. The summed E-state index contributed by atoms with van der Waals surface area (Å²) in [6.07, 6.45) is 0.979. The molecule has 7 heteroatoms. The predicted molar refractivity (Wildman–Crippen MR) is 105 cm³/mol. The van der Waals surface area contributed by atoms with E-state index >= 15 is 0 Å². The van der Waals surface area contributed by atoms with Crippen molar-refractivity contribution in [1.82, 2.24) is 26.2 Å². The molecule has 148 valence electrons. The van der Waals surface area contributed by atoms with Crippen LogP contribution in [0.15, 0.2) is 0 Å². The number of likely N-dealkylation sites (tertiary alicyclic amines) is 1. The first-order valence-electron chi connectivity index (χ1n) is 9.73. The van der Waals surface area contributed by atoms with E-state index in [0.29, 0.717) is 24.4 Å². The number of nitrogens with two attached hydrogens (primary N) is 1. The Hall–Kier alpha value is -0.890. The molecule has 1 aliphatic rings. The molecule has 6 N–H and O–H groups in total. The molecule has 0 aromatic heterocycles. The molecule has 0 spiro atoms. The van der Waals surface area contributed by atoms with Crippen molar-refractivity contribution in [3.05, 3.63) is 0 Å². The van der Waals surface area contributed by atoms with Gasteiger partial charge in [0.15, 0.2) is 0 Å². The van der Waals surface area contributed by atoms with E-state index in [1.807, 2.05) is 14.0 Å². The quantitative estimate of drug-likeness (QED) is 0.340. The maximum Gasteiger partial charge on any atom is 0.315 e. The van der Waals surface area contributed by atoms with Crippen LogP contribution in [-0.4, -0.2) is 75.4 Å². The number of carbonyl (C=O) groups is 1. The Bertz CT molecular complexity index is 379. The number of amides is 2. The molecular formula is C18H40N6O. The van der Waals surface area contributed by atoms with E-state index in [-0.39, 0.29) is 18.1 Å². The largest absolute Gasteiger partial charge is 0.335 e. The molecular weight excluding hydrogens is 316 g/mol.